The van der Waals surface area contributed by atoms with Crippen LogP contribution >= 0.6 is 0 Å². The standard InChI is InChI=1S/C26H37N3O4/c1-22(2)19-25(30)29(13-12-27-14-17-32-18-15-27)21-26(31)28(20-24-9-6-16-33-24)11-10-23-7-4-3-5-8-23/h3-9,16,22H,10-15,17-21H2,1-2H3. The van der Waals surface area contributed by atoms with E-state index in [1.165, 1.54) is 5.56 Å². The lowest BCUT2D eigenvalue weighted by Crippen LogP contribution is -2.47. The van der Waals surface area contributed by atoms with Gasteiger partial charge in [-0.2, -0.15) is 0 Å². The summed E-state index contributed by atoms with van der Waals surface area (Å²) >= 11 is 0. The summed E-state index contributed by atoms with van der Waals surface area (Å²) in [6.45, 7) is 9.58. The van der Waals surface area contributed by atoms with Crippen molar-refractivity contribution in [3.63, 3.8) is 0 Å². The molecular weight excluding hydrogens is 418 g/mol. The van der Waals surface area contributed by atoms with Crippen LogP contribution in [0.1, 0.15) is 31.6 Å². The Kier molecular flexibility index (Phi) is 9.97. The van der Waals surface area contributed by atoms with Gasteiger partial charge in [-0.15, -0.1) is 0 Å². The molecule has 1 fully saturated rings. The van der Waals surface area contributed by atoms with Crippen LogP contribution in [0.25, 0.3) is 0 Å². The number of hydrogen-bond donors (Lipinski definition) is 0. The molecule has 33 heavy (non-hydrogen) atoms. The van der Waals surface area contributed by atoms with Gasteiger partial charge < -0.3 is 19.0 Å². The second kappa shape index (κ2) is 13.2. The van der Waals surface area contributed by atoms with E-state index in [1.54, 1.807) is 16.1 Å². The minimum absolute atomic E-state index is 0.0348. The maximum Gasteiger partial charge on any atom is 0.242 e. The lowest BCUT2D eigenvalue weighted by Gasteiger charge is -2.31. The molecule has 1 aliphatic heterocycles. The van der Waals surface area contributed by atoms with Gasteiger partial charge in [-0.05, 0) is 30.0 Å². The fourth-order valence-corrected chi connectivity index (χ4v) is 3.91. The molecular formula is C26H37N3O4. The highest BCUT2D eigenvalue weighted by Crippen LogP contribution is 2.11. The minimum Gasteiger partial charge on any atom is -0.467 e. The van der Waals surface area contributed by atoms with Crippen molar-refractivity contribution in [2.24, 2.45) is 5.92 Å². The molecule has 2 amide bonds. The number of amides is 2. The zero-order chi connectivity index (χ0) is 23.5. The first-order valence-corrected chi connectivity index (χ1v) is 11.9. The van der Waals surface area contributed by atoms with E-state index in [4.69, 9.17) is 9.15 Å². The molecule has 1 aromatic carbocycles. The average Bonchev–Trinajstić information content (AvgIpc) is 3.33. The average molecular weight is 456 g/mol. The van der Waals surface area contributed by atoms with Gasteiger partial charge in [0.2, 0.25) is 11.8 Å². The summed E-state index contributed by atoms with van der Waals surface area (Å²) in [5, 5.41) is 0. The van der Waals surface area contributed by atoms with Crippen molar-refractivity contribution in [1.82, 2.24) is 14.7 Å². The van der Waals surface area contributed by atoms with E-state index in [1.807, 2.05) is 44.2 Å². The van der Waals surface area contributed by atoms with E-state index in [0.29, 0.717) is 26.1 Å². The predicted octanol–water partition coefficient (Wildman–Crippen LogP) is 3.06. The molecule has 0 aliphatic carbocycles. The van der Waals surface area contributed by atoms with E-state index in [9.17, 15) is 9.59 Å². The number of furan rings is 1. The molecule has 180 valence electrons. The van der Waals surface area contributed by atoms with Gasteiger partial charge in [0.15, 0.2) is 0 Å². The predicted molar refractivity (Wildman–Crippen MR) is 128 cm³/mol. The summed E-state index contributed by atoms with van der Waals surface area (Å²) in [5.74, 6) is 0.967. The fraction of sp³-hybridized carbons (Fsp3) is 0.538. The summed E-state index contributed by atoms with van der Waals surface area (Å²) in [6.07, 6.45) is 2.82. The molecule has 0 radical (unpaired) electrons. The van der Waals surface area contributed by atoms with E-state index in [0.717, 1.165) is 45.0 Å². The van der Waals surface area contributed by atoms with Crippen LogP contribution in [-0.4, -0.2) is 79.0 Å². The number of benzene rings is 1. The van der Waals surface area contributed by atoms with Crippen LogP contribution in [-0.2, 0) is 27.3 Å². The van der Waals surface area contributed by atoms with Crippen molar-refractivity contribution in [2.45, 2.75) is 33.2 Å². The van der Waals surface area contributed by atoms with Gasteiger partial charge in [0, 0.05) is 39.1 Å². The Morgan fingerprint density at radius 1 is 0.970 bits per heavy atom. The molecule has 1 aromatic heterocycles. The third kappa shape index (κ3) is 8.67. The third-order valence-electron chi connectivity index (χ3n) is 5.84. The highest BCUT2D eigenvalue weighted by molar-refractivity contribution is 5.85. The number of hydrogen-bond acceptors (Lipinski definition) is 5. The van der Waals surface area contributed by atoms with Gasteiger partial charge in [-0.3, -0.25) is 14.5 Å². The highest BCUT2D eigenvalue weighted by atomic mass is 16.5. The van der Waals surface area contributed by atoms with E-state index >= 15 is 0 Å². The van der Waals surface area contributed by atoms with Crippen molar-refractivity contribution in [3.8, 4) is 0 Å². The lowest BCUT2D eigenvalue weighted by atomic mass is 10.1. The van der Waals surface area contributed by atoms with Crippen LogP contribution in [0.15, 0.2) is 53.1 Å². The topological polar surface area (TPSA) is 66.2 Å². The Morgan fingerprint density at radius 3 is 2.39 bits per heavy atom. The van der Waals surface area contributed by atoms with Crippen LogP contribution < -0.4 is 0 Å². The van der Waals surface area contributed by atoms with Crippen LogP contribution in [0.3, 0.4) is 0 Å². The van der Waals surface area contributed by atoms with Crippen LogP contribution in [0.2, 0.25) is 0 Å². The molecule has 2 heterocycles. The zero-order valence-electron chi connectivity index (χ0n) is 19.9. The van der Waals surface area contributed by atoms with E-state index in [-0.39, 0.29) is 24.3 Å². The summed E-state index contributed by atoms with van der Waals surface area (Å²) in [6, 6.07) is 13.8. The molecule has 1 saturated heterocycles. The highest BCUT2D eigenvalue weighted by Gasteiger charge is 2.23. The Balaban J connectivity index is 1.65. The maximum absolute atomic E-state index is 13.4. The summed E-state index contributed by atoms with van der Waals surface area (Å²) in [5.41, 5.74) is 1.18. The van der Waals surface area contributed by atoms with Crippen molar-refractivity contribution in [3.05, 3.63) is 60.1 Å². The Hall–Kier alpha value is -2.64. The van der Waals surface area contributed by atoms with Gasteiger partial charge in [0.25, 0.3) is 0 Å². The molecule has 0 bridgehead atoms. The molecule has 7 heteroatoms. The molecule has 1 aliphatic rings. The molecule has 7 nitrogen and oxygen atoms in total. The molecule has 3 rings (SSSR count). The summed E-state index contributed by atoms with van der Waals surface area (Å²) in [7, 11) is 0. The number of carbonyl (C=O) groups is 2. The van der Waals surface area contributed by atoms with Crippen LogP contribution in [0.4, 0.5) is 0 Å². The van der Waals surface area contributed by atoms with Crippen molar-refractivity contribution in [2.75, 3.05) is 52.5 Å². The van der Waals surface area contributed by atoms with Gasteiger partial charge >= 0.3 is 0 Å². The Bertz CT molecular complexity index is 832. The normalized spacial score (nSPS) is 14.4. The van der Waals surface area contributed by atoms with Crippen LogP contribution in [0.5, 0.6) is 0 Å². The first kappa shape index (κ1) is 25.0. The number of carbonyl (C=O) groups excluding carboxylic acids is 2. The molecule has 0 atom stereocenters. The number of nitrogens with zero attached hydrogens (tertiary/aromatic N) is 3. The van der Waals surface area contributed by atoms with Crippen molar-refractivity contribution >= 4 is 11.8 Å². The number of rotatable bonds is 12. The molecule has 0 unspecified atom stereocenters. The second-order valence-corrected chi connectivity index (χ2v) is 9.00. The Morgan fingerprint density at radius 2 is 1.73 bits per heavy atom. The summed E-state index contributed by atoms with van der Waals surface area (Å²) in [4.78, 5) is 32.2. The van der Waals surface area contributed by atoms with E-state index < -0.39 is 0 Å². The van der Waals surface area contributed by atoms with E-state index in [2.05, 4.69) is 17.0 Å². The Labute approximate surface area is 197 Å². The smallest absolute Gasteiger partial charge is 0.242 e. The van der Waals surface area contributed by atoms with Gasteiger partial charge in [0.05, 0.1) is 32.6 Å². The zero-order valence-corrected chi connectivity index (χ0v) is 19.9. The molecule has 0 saturated carbocycles. The quantitative estimate of drug-likeness (QED) is 0.492. The van der Waals surface area contributed by atoms with Crippen molar-refractivity contribution in [1.29, 1.82) is 0 Å². The van der Waals surface area contributed by atoms with Gasteiger partial charge in [0.1, 0.15) is 5.76 Å². The fourth-order valence-electron chi connectivity index (χ4n) is 3.91. The SMILES string of the molecule is CC(C)CC(=O)N(CCN1CCOCC1)CC(=O)N(CCc1ccccc1)Cc1ccco1. The van der Waals surface area contributed by atoms with Gasteiger partial charge in [-0.25, -0.2) is 0 Å². The number of morpholine rings is 1. The molecule has 2 aromatic rings. The minimum atomic E-state index is -0.0542. The van der Waals surface area contributed by atoms with Crippen molar-refractivity contribution < 1.29 is 18.7 Å². The second-order valence-electron chi connectivity index (χ2n) is 9.00. The van der Waals surface area contributed by atoms with Crippen LogP contribution in [0, 0.1) is 5.92 Å². The number of ether oxygens (including phenoxy) is 1. The van der Waals surface area contributed by atoms with Gasteiger partial charge in [-0.1, -0.05) is 44.2 Å². The first-order chi connectivity index (χ1) is 16.0. The monoisotopic (exact) mass is 455 g/mol. The largest absolute Gasteiger partial charge is 0.467 e. The molecule has 0 N–H and O–H groups in total. The molecule has 0 spiro atoms. The first-order valence-electron chi connectivity index (χ1n) is 11.9. The maximum atomic E-state index is 13.4. The summed E-state index contributed by atoms with van der Waals surface area (Å²) < 4.78 is 10.9. The lowest BCUT2D eigenvalue weighted by molar-refractivity contribution is -0.141. The third-order valence-corrected chi connectivity index (χ3v) is 5.84.